The molecule has 0 amide bonds. The van der Waals surface area contributed by atoms with Gasteiger partial charge in [-0.05, 0) is 45.1 Å². The molecule has 0 fully saturated rings. The second-order valence-corrected chi connectivity index (χ2v) is 4.81. The van der Waals surface area contributed by atoms with Crippen molar-refractivity contribution in [2.45, 2.75) is 44.9 Å². The molecule has 0 atom stereocenters. The van der Waals surface area contributed by atoms with Gasteiger partial charge in [0.15, 0.2) is 0 Å². The SMILES string of the molecule is NC[CH]CC(CCCC(=O)O)(CCCC(=O)O)C(=O)O. The second kappa shape index (κ2) is 9.30. The van der Waals surface area contributed by atoms with Gasteiger partial charge in [0.25, 0.3) is 0 Å². The number of carbonyl (C=O) groups is 3. The van der Waals surface area contributed by atoms with Crippen LogP contribution in [0, 0.1) is 11.8 Å². The van der Waals surface area contributed by atoms with E-state index in [2.05, 4.69) is 0 Å². The van der Waals surface area contributed by atoms with Crippen LogP contribution in [-0.4, -0.2) is 39.8 Å². The third kappa shape index (κ3) is 7.08. The van der Waals surface area contributed by atoms with E-state index in [4.69, 9.17) is 15.9 Å². The number of carboxylic acids is 3. The lowest BCUT2D eigenvalue weighted by molar-refractivity contribution is -0.151. The van der Waals surface area contributed by atoms with E-state index < -0.39 is 23.3 Å². The molecule has 0 aliphatic rings. The zero-order valence-electron chi connectivity index (χ0n) is 11.4. The normalized spacial score (nSPS) is 11.2. The Hall–Kier alpha value is -1.63. The van der Waals surface area contributed by atoms with Gasteiger partial charge in [-0.3, -0.25) is 14.4 Å². The summed E-state index contributed by atoms with van der Waals surface area (Å²) in [6.07, 6.45) is 2.54. The van der Waals surface area contributed by atoms with Gasteiger partial charge in [-0.1, -0.05) is 0 Å². The molecule has 0 rings (SSSR count). The van der Waals surface area contributed by atoms with E-state index in [1.165, 1.54) is 0 Å². The molecule has 0 aromatic rings. The molecule has 0 saturated carbocycles. The van der Waals surface area contributed by atoms with Crippen LogP contribution >= 0.6 is 0 Å². The lowest BCUT2D eigenvalue weighted by atomic mass is 9.74. The van der Waals surface area contributed by atoms with Gasteiger partial charge >= 0.3 is 17.9 Å². The average molecular weight is 288 g/mol. The zero-order valence-corrected chi connectivity index (χ0v) is 11.4. The molecule has 0 unspecified atom stereocenters. The fourth-order valence-electron chi connectivity index (χ4n) is 2.15. The monoisotopic (exact) mass is 288 g/mol. The van der Waals surface area contributed by atoms with E-state index >= 15 is 0 Å². The van der Waals surface area contributed by atoms with Crippen LogP contribution in [0.5, 0.6) is 0 Å². The average Bonchev–Trinajstić information content (AvgIpc) is 2.34. The van der Waals surface area contributed by atoms with E-state index in [0.717, 1.165) is 0 Å². The number of hydrogen-bond donors (Lipinski definition) is 4. The van der Waals surface area contributed by atoms with E-state index in [1.807, 2.05) is 0 Å². The summed E-state index contributed by atoms with van der Waals surface area (Å²) in [5.41, 5.74) is 4.23. The third-order valence-corrected chi connectivity index (χ3v) is 3.25. The molecule has 7 heteroatoms. The number of rotatable bonds is 12. The van der Waals surface area contributed by atoms with Crippen LogP contribution in [0.15, 0.2) is 0 Å². The van der Waals surface area contributed by atoms with Gasteiger partial charge in [0.05, 0.1) is 5.41 Å². The summed E-state index contributed by atoms with van der Waals surface area (Å²) < 4.78 is 0. The Balaban J connectivity index is 4.69. The van der Waals surface area contributed by atoms with Crippen molar-refractivity contribution in [2.75, 3.05) is 6.54 Å². The highest BCUT2D eigenvalue weighted by Gasteiger charge is 2.37. The molecule has 1 radical (unpaired) electrons. The highest BCUT2D eigenvalue weighted by molar-refractivity contribution is 5.75. The lowest BCUT2D eigenvalue weighted by Gasteiger charge is -2.29. The molecular formula is C13H22NO6. The summed E-state index contributed by atoms with van der Waals surface area (Å²) in [4.78, 5) is 32.6. The van der Waals surface area contributed by atoms with Crippen molar-refractivity contribution in [2.24, 2.45) is 11.1 Å². The first-order valence-electron chi connectivity index (χ1n) is 6.53. The fourth-order valence-corrected chi connectivity index (χ4v) is 2.15. The van der Waals surface area contributed by atoms with Crippen molar-refractivity contribution in [3.63, 3.8) is 0 Å². The molecule has 0 aromatic heterocycles. The Morgan fingerprint density at radius 3 is 1.70 bits per heavy atom. The summed E-state index contributed by atoms with van der Waals surface area (Å²) in [7, 11) is 0. The van der Waals surface area contributed by atoms with Crippen LogP contribution in [-0.2, 0) is 14.4 Å². The van der Waals surface area contributed by atoms with E-state index in [-0.39, 0.29) is 51.5 Å². The summed E-state index contributed by atoms with van der Waals surface area (Å²) in [5, 5.41) is 26.7. The second-order valence-electron chi connectivity index (χ2n) is 4.81. The van der Waals surface area contributed by atoms with Gasteiger partial charge < -0.3 is 21.1 Å². The Morgan fingerprint density at radius 2 is 1.40 bits per heavy atom. The molecule has 20 heavy (non-hydrogen) atoms. The molecule has 0 aliphatic carbocycles. The van der Waals surface area contributed by atoms with Crippen LogP contribution in [0.25, 0.3) is 0 Å². The fraction of sp³-hybridized carbons (Fsp3) is 0.692. The minimum absolute atomic E-state index is 0.101. The Bertz CT molecular complexity index is 322. The van der Waals surface area contributed by atoms with Gasteiger partial charge in [0.2, 0.25) is 0 Å². The Morgan fingerprint density at radius 1 is 0.950 bits per heavy atom. The first-order valence-corrected chi connectivity index (χ1v) is 6.53. The summed E-state index contributed by atoms with van der Waals surface area (Å²) in [5.74, 6) is -2.98. The van der Waals surface area contributed by atoms with Crippen molar-refractivity contribution in [1.82, 2.24) is 0 Å². The molecule has 115 valence electrons. The first-order chi connectivity index (χ1) is 9.34. The number of aliphatic carboxylic acids is 3. The summed E-state index contributed by atoms with van der Waals surface area (Å²) in [6, 6.07) is 0. The highest BCUT2D eigenvalue weighted by atomic mass is 16.4. The molecule has 0 spiro atoms. The van der Waals surface area contributed by atoms with Gasteiger partial charge in [-0.15, -0.1) is 0 Å². The smallest absolute Gasteiger partial charge is 0.309 e. The molecule has 0 aliphatic heterocycles. The maximum absolute atomic E-state index is 11.5. The predicted molar refractivity (Wildman–Crippen MR) is 71.0 cm³/mol. The maximum atomic E-state index is 11.5. The third-order valence-electron chi connectivity index (χ3n) is 3.25. The number of hydrogen-bond acceptors (Lipinski definition) is 4. The van der Waals surface area contributed by atoms with Crippen molar-refractivity contribution in [3.05, 3.63) is 6.42 Å². The van der Waals surface area contributed by atoms with Crippen molar-refractivity contribution >= 4 is 17.9 Å². The molecular weight excluding hydrogens is 266 g/mol. The first kappa shape index (κ1) is 18.4. The lowest BCUT2D eigenvalue weighted by Crippen LogP contribution is -2.32. The standard InChI is InChI=1S/C13H22NO6/c14-9-3-8-13(12(19)20,6-1-4-10(15)16)7-2-5-11(17)18/h3H,1-2,4-9,14H2,(H,15,16)(H,17,18)(H,19,20). The predicted octanol–water partition coefficient (Wildman–Crippen LogP) is 1.12. The van der Waals surface area contributed by atoms with E-state index in [1.54, 1.807) is 6.42 Å². The molecule has 0 bridgehead atoms. The van der Waals surface area contributed by atoms with Crippen molar-refractivity contribution < 1.29 is 29.7 Å². The van der Waals surface area contributed by atoms with Crippen LogP contribution in [0.2, 0.25) is 0 Å². The van der Waals surface area contributed by atoms with Crippen molar-refractivity contribution in [3.8, 4) is 0 Å². The van der Waals surface area contributed by atoms with Crippen LogP contribution in [0.3, 0.4) is 0 Å². The quantitative estimate of drug-likeness (QED) is 0.422. The van der Waals surface area contributed by atoms with Crippen LogP contribution < -0.4 is 5.73 Å². The minimum Gasteiger partial charge on any atom is -0.481 e. The molecule has 7 nitrogen and oxygen atoms in total. The highest BCUT2D eigenvalue weighted by Crippen LogP contribution is 2.36. The number of nitrogens with two attached hydrogens (primary N) is 1. The van der Waals surface area contributed by atoms with Gasteiger partial charge in [-0.2, -0.15) is 0 Å². The topological polar surface area (TPSA) is 138 Å². The molecule has 0 saturated heterocycles. The maximum Gasteiger partial charge on any atom is 0.309 e. The van der Waals surface area contributed by atoms with E-state index in [9.17, 15) is 19.5 Å². The van der Waals surface area contributed by atoms with Crippen LogP contribution in [0.4, 0.5) is 0 Å². The van der Waals surface area contributed by atoms with Crippen LogP contribution in [0.1, 0.15) is 44.9 Å². The molecule has 0 aromatic carbocycles. The van der Waals surface area contributed by atoms with E-state index in [0.29, 0.717) is 0 Å². The largest absolute Gasteiger partial charge is 0.481 e. The van der Waals surface area contributed by atoms with Gasteiger partial charge in [0.1, 0.15) is 0 Å². The van der Waals surface area contributed by atoms with Gasteiger partial charge in [-0.25, -0.2) is 0 Å². The Labute approximate surface area is 117 Å². The summed E-state index contributed by atoms with van der Waals surface area (Å²) >= 11 is 0. The van der Waals surface area contributed by atoms with Gasteiger partial charge in [0, 0.05) is 12.8 Å². The zero-order chi connectivity index (χ0) is 15.6. The Kier molecular flexibility index (Phi) is 8.54. The molecule has 5 N–H and O–H groups in total. The minimum atomic E-state index is -1.12. The van der Waals surface area contributed by atoms with Crippen molar-refractivity contribution in [1.29, 1.82) is 0 Å². The summed E-state index contributed by atoms with van der Waals surface area (Å²) in [6.45, 7) is 0.229. The molecule has 0 heterocycles. The number of carboxylic acid groups (broad SMARTS) is 3.